The van der Waals surface area contributed by atoms with Gasteiger partial charge < -0.3 is 0 Å². The number of thiophene rings is 1. The SMILES string of the molecule is Cc1ccc(-c2cccc3c2C(=O)C(C)C3)s1. The van der Waals surface area contributed by atoms with Gasteiger partial charge in [0.05, 0.1) is 0 Å². The van der Waals surface area contributed by atoms with Crippen molar-refractivity contribution in [2.24, 2.45) is 5.92 Å². The normalized spacial score (nSPS) is 18.5. The highest BCUT2D eigenvalue weighted by atomic mass is 32.1. The van der Waals surface area contributed by atoms with E-state index in [0.717, 1.165) is 17.5 Å². The van der Waals surface area contributed by atoms with E-state index < -0.39 is 0 Å². The van der Waals surface area contributed by atoms with E-state index in [9.17, 15) is 4.79 Å². The van der Waals surface area contributed by atoms with E-state index in [1.165, 1.54) is 15.3 Å². The predicted molar refractivity (Wildman–Crippen MR) is 71.7 cm³/mol. The molecule has 0 aliphatic heterocycles. The lowest BCUT2D eigenvalue weighted by atomic mass is 10.0. The molecule has 1 aromatic carbocycles. The molecule has 1 atom stereocenters. The monoisotopic (exact) mass is 242 g/mol. The first-order valence-corrected chi connectivity index (χ1v) is 6.71. The van der Waals surface area contributed by atoms with Crippen molar-refractivity contribution in [1.29, 1.82) is 0 Å². The molecule has 0 bridgehead atoms. The van der Waals surface area contributed by atoms with E-state index >= 15 is 0 Å². The Morgan fingerprint density at radius 3 is 2.76 bits per heavy atom. The van der Waals surface area contributed by atoms with Crippen LogP contribution in [0.5, 0.6) is 0 Å². The Hall–Kier alpha value is -1.41. The van der Waals surface area contributed by atoms with Crippen molar-refractivity contribution in [2.75, 3.05) is 0 Å². The van der Waals surface area contributed by atoms with Gasteiger partial charge in [0.25, 0.3) is 0 Å². The summed E-state index contributed by atoms with van der Waals surface area (Å²) in [5, 5.41) is 0. The molecule has 0 saturated heterocycles. The number of aryl methyl sites for hydroxylation is 1. The second-order valence-corrected chi connectivity index (χ2v) is 6.01. The van der Waals surface area contributed by atoms with E-state index in [0.29, 0.717) is 5.78 Å². The maximum atomic E-state index is 12.2. The molecule has 0 radical (unpaired) electrons. The molecule has 0 amide bonds. The van der Waals surface area contributed by atoms with Crippen molar-refractivity contribution in [3.63, 3.8) is 0 Å². The molecular formula is C15H14OS. The molecule has 86 valence electrons. The van der Waals surface area contributed by atoms with Crippen LogP contribution < -0.4 is 0 Å². The minimum Gasteiger partial charge on any atom is -0.294 e. The maximum absolute atomic E-state index is 12.2. The summed E-state index contributed by atoms with van der Waals surface area (Å²) in [6.07, 6.45) is 0.895. The van der Waals surface area contributed by atoms with E-state index in [-0.39, 0.29) is 5.92 Å². The van der Waals surface area contributed by atoms with Gasteiger partial charge in [-0.2, -0.15) is 0 Å². The summed E-state index contributed by atoms with van der Waals surface area (Å²) in [7, 11) is 0. The molecule has 2 heteroatoms. The lowest BCUT2D eigenvalue weighted by molar-refractivity contribution is 0.0947. The zero-order valence-corrected chi connectivity index (χ0v) is 10.8. The summed E-state index contributed by atoms with van der Waals surface area (Å²) < 4.78 is 0. The molecule has 0 saturated carbocycles. The fourth-order valence-corrected chi connectivity index (χ4v) is 3.41. The van der Waals surface area contributed by atoms with Crippen LogP contribution in [0.3, 0.4) is 0 Å². The number of carbonyl (C=O) groups excluding carboxylic acids is 1. The molecule has 3 rings (SSSR count). The molecule has 0 spiro atoms. The van der Waals surface area contributed by atoms with Crippen LogP contribution in [0, 0.1) is 12.8 Å². The molecule has 2 aromatic rings. The number of Topliss-reactive ketones (excluding diaryl/α,β-unsaturated/α-hetero) is 1. The molecular weight excluding hydrogens is 228 g/mol. The highest BCUT2D eigenvalue weighted by Gasteiger charge is 2.29. The van der Waals surface area contributed by atoms with Crippen LogP contribution in [-0.4, -0.2) is 5.78 Å². The Labute approximate surface area is 105 Å². The zero-order chi connectivity index (χ0) is 12.0. The average molecular weight is 242 g/mol. The number of hydrogen-bond acceptors (Lipinski definition) is 2. The van der Waals surface area contributed by atoms with Crippen LogP contribution in [0.4, 0.5) is 0 Å². The molecule has 1 aromatic heterocycles. The third kappa shape index (κ3) is 1.64. The van der Waals surface area contributed by atoms with Gasteiger partial charge in [-0.15, -0.1) is 11.3 Å². The van der Waals surface area contributed by atoms with Gasteiger partial charge in [0.1, 0.15) is 0 Å². The van der Waals surface area contributed by atoms with Gasteiger partial charge in [-0.1, -0.05) is 25.1 Å². The van der Waals surface area contributed by atoms with Crippen LogP contribution in [0.15, 0.2) is 30.3 Å². The summed E-state index contributed by atoms with van der Waals surface area (Å²) in [4.78, 5) is 14.7. The Bertz CT molecular complexity index is 595. The van der Waals surface area contributed by atoms with Crippen molar-refractivity contribution in [3.05, 3.63) is 46.3 Å². The molecule has 17 heavy (non-hydrogen) atoms. The number of benzene rings is 1. The largest absolute Gasteiger partial charge is 0.294 e. The quantitative estimate of drug-likeness (QED) is 0.736. The highest BCUT2D eigenvalue weighted by molar-refractivity contribution is 7.15. The van der Waals surface area contributed by atoms with Crippen molar-refractivity contribution < 1.29 is 4.79 Å². The van der Waals surface area contributed by atoms with Crippen molar-refractivity contribution in [1.82, 2.24) is 0 Å². The standard InChI is InChI=1S/C15H14OS/c1-9-8-11-4-3-5-12(14(11)15(9)16)13-7-6-10(2)17-13/h3-7,9H,8H2,1-2H3. The summed E-state index contributed by atoms with van der Waals surface area (Å²) >= 11 is 1.76. The van der Waals surface area contributed by atoms with E-state index in [2.05, 4.69) is 37.3 Å². The van der Waals surface area contributed by atoms with Gasteiger partial charge in [0.2, 0.25) is 0 Å². The van der Waals surface area contributed by atoms with E-state index in [4.69, 9.17) is 0 Å². The third-order valence-electron chi connectivity index (χ3n) is 3.38. The van der Waals surface area contributed by atoms with Crippen molar-refractivity contribution in [3.8, 4) is 10.4 Å². The molecule has 1 nitrogen and oxygen atoms in total. The van der Waals surface area contributed by atoms with Gasteiger partial charge in [-0.25, -0.2) is 0 Å². The average Bonchev–Trinajstić information content (AvgIpc) is 2.85. The number of carbonyl (C=O) groups is 1. The number of ketones is 1. The summed E-state index contributed by atoms with van der Waals surface area (Å²) in [5.74, 6) is 0.453. The highest BCUT2D eigenvalue weighted by Crippen LogP contribution is 2.37. The van der Waals surface area contributed by atoms with E-state index in [1.807, 2.05) is 6.92 Å². The lowest BCUT2D eigenvalue weighted by Crippen LogP contribution is -2.04. The summed E-state index contributed by atoms with van der Waals surface area (Å²) in [6, 6.07) is 10.4. The first-order valence-electron chi connectivity index (χ1n) is 5.89. The first-order chi connectivity index (χ1) is 8.16. The number of hydrogen-bond donors (Lipinski definition) is 0. The van der Waals surface area contributed by atoms with Crippen LogP contribution in [0.2, 0.25) is 0 Å². The maximum Gasteiger partial charge on any atom is 0.166 e. The number of rotatable bonds is 1. The fraction of sp³-hybridized carbons (Fsp3) is 0.267. The molecule has 1 aliphatic rings. The summed E-state index contributed by atoms with van der Waals surface area (Å²) in [6.45, 7) is 4.12. The van der Waals surface area contributed by atoms with Crippen molar-refractivity contribution in [2.45, 2.75) is 20.3 Å². The van der Waals surface area contributed by atoms with Crippen LogP contribution >= 0.6 is 11.3 Å². The van der Waals surface area contributed by atoms with Gasteiger partial charge in [0.15, 0.2) is 5.78 Å². The van der Waals surface area contributed by atoms with Gasteiger partial charge in [-0.05, 0) is 31.0 Å². The van der Waals surface area contributed by atoms with Crippen LogP contribution in [0.25, 0.3) is 10.4 Å². The Kier molecular flexibility index (Phi) is 2.40. The Balaban J connectivity index is 2.20. The fourth-order valence-electron chi connectivity index (χ4n) is 2.51. The first kappa shape index (κ1) is 10.7. The lowest BCUT2D eigenvalue weighted by Gasteiger charge is -2.05. The second kappa shape index (κ2) is 3.81. The molecule has 0 N–H and O–H groups in total. The minimum absolute atomic E-state index is 0.146. The predicted octanol–water partition coefficient (Wildman–Crippen LogP) is 4.10. The number of fused-ring (bicyclic) bond motifs is 1. The van der Waals surface area contributed by atoms with Crippen molar-refractivity contribution >= 4 is 17.1 Å². The molecule has 1 unspecified atom stereocenters. The third-order valence-corrected chi connectivity index (χ3v) is 4.41. The molecule has 1 heterocycles. The molecule has 0 fully saturated rings. The Morgan fingerprint density at radius 1 is 1.24 bits per heavy atom. The topological polar surface area (TPSA) is 17.1 Å². The van der Waals surface area contributed by atoms with E-state index in [1.54, 1.807) is 11.3 Å². The smallest absolute Gasteiger partial charge is 0.166 e. The van der Waals surface area contributed by atoms with Gasteiger partial charge >= 0.3 is 0 Å². The van der Waals surface area contributed by atoms with Gasteiger partial charge in [-0.3, -0.25) is 4.79 Å². The second-order valence-electron chi connectivity index (χ2n) is 4.72. The van der Waals surface area contributed by atoms with Crippen LogP contribution in [-0.2, 0) is 6.42 Å². The minimum atomic E-state index is 0.146. The molecule has 1 aliphatic carbocycles. The summed E-state index contributed by atoms with van der Waals surface area (Å²) in [5.41, 5.74) is 3.29. The zero-order valence-electron chi connectivity index (χ0n) is 9.99. The Morgan fingerprint density at radius 2 is 2.06 bits per heavy atom. The van der Waals surface area contributed by atoms with Gasteiger partial charge in [0, 0.05) is 26.8 Å². The van der Waals surface area contributed by atoms with Crippen LogP contribution in [0.1, 0.15) is 27.7 Å².